The maximum absolute atomic E-state index is 7.00. The topological polar surface area (TPSA) is 26.7 Å². The van der Waals surface area contributed by atoms with Gasteiger partial charge in [-0.15, -0.1) is 11.8 Å². The molecule has 0 spiro atoms. The lowest BCUT2D eigenvalue weighted by Gasteiger charge is -2.44. The molecule has 25 heavy (non-hydrogen) atoms. The van der Waals surface area contributed by atoms with E-state index in [1.807, 2.05) is 11.8 Å². The van der Waals surface area contributed by atoms with Crippen molar-refractivity contribution < 1.29 is 5.11 Å². The Kier molecular flexibility index (Phi) is 8.60. The number of likely N-dealkylation sites (tertiary alicyclic amines) is 1. The number of piperidine rings is 1. The molecule has 0 bridgehead atoms. The Bertz CT molecular complexity index is 494. The fraction of sp³-hybridized carbons (Fsp3) is 0.714. The van der Waals surface area contributed by atoms with Gasteiger partial charge in [0.25, 0.3) is 0 Å². The monoisotopic (exact) mass is 364 g/mol. The SMILES string of the molecule is CCSc1cccc(N2CCC(CN3CC(C(C)C)C3)CC2)c1.CO. The van der Waals surface area contributed by atoms with Crippen molar-refractivity contribution in [1.29, 1.82) is 0 Å². The Morgan fingerprint density at radius 1 is 1.16 bits per heavy atom. The summed E-state index contributed by atoms with van der Waals surface area (Å²) in [4.78, 5) is 6.68. The molecule has 0 saturated carbocycles. The van der Waals surface area contributed by atoms with E-state index in [4.69, 9.17) is 5.11 Å². The Morgan fingerprint density at radius 3 is 2.44 bits per heavy atom. The van der Waals surface area contributed by atoms with Crippen molar-refractivity contribution in [2.75, 3.05) is 50.5 Å². The normalized spacial score (nSPS) is 19.5. The van der Waals surface area contributed by atoms with Crippen LogP contribution in [0.25, 0.3) is 0 Å². The minimum Gasteiger partial charge on any atom is -0.400 e. The van der Waals surface area contributed by atoms with Crippen LogP contribution in [0.15, 0.2) is 29.2 Å². The van der Waals surface area contributed by atoms with Crippen molar-refractivity contribution in [3.63, 3.8) is 0 Å². The predicted octanol–water partition coefficient (Wildman–Crippen LogP) is 4.21. The Hall–Kier alpha value is -0.710. The van der Waals surface area contributed by atoms with Crippen LogP contribution in [0.2, 0.25) is 0 Å². The number of benzene rings is 1. The third kappa shape index (κ3) is 5.90. The van der Waals surface area contributed by atoms with E-state index in [-0.39, 0.29) is 0 Å². The average Bonchev–Trinajstić information content (AvgIpc) is 2.60. The zero-order valence-electron chi connectivity index (χ0n) is 16.4. The lowest BCUT2D eigenvalue weighted by atomic mass is 9.86. The second kappa shape index (κ2) is 10.4. The molecule has 0 unspecified atom stereocenters. The molecule has 2 heterocycles. The first-order chi connectivity index (χ1) is 12.2. The van der Waals surface area contributed by atoms with Crippen LogP contribution in [-0.2, 0) is 0 Å². The van der Waals surface area contributed by atoms with Crippen LogP contribution >= 0.6 is 11.8 Å². The molecule has 0 amide bonds. The number of anilines is 1. The summed E-state index contributed by atoms with van der Waals surface area (Å²) >= 11 is 1.94. The molecule has 2 fully saturated rings. The number of hydrogen-bond donors (Lipinski definition) is 1. The van der Waals surface area contributed by atoms with Gasteiger partial charge < -0.3 is 14.9 Å². The molecule has 4 heteroatoms. The molecular weight excluding hydrogens is 328 g/mol. The molecule has 1 aromatic carbocycles. The molecular formula is C21H36N2OS. The van der Waals surface area contributed by atoms with Gasteiger partial charge in [-0.3, -0.25) is 0 Å². The number of aliphatic hydroxyl groups excluding tert-OH is 1. The largest absolute Gasteiger partial charge is 0.400 e. The molecule has 1 N–H and O–H groups in total. The van der Waals surface area contributed by atoms with E-state index in [2.05, 4.69) is 54.8 Å². The highest BCUT2D eigenvalue weighted by atomic mass is 32.2. The van der Waals surface area contributed by atoms with Crippen LogP contribution in [0, 0.1) is 17.8 Å². The first-order valence-corrected chi connectivity index (χ1v) is 10.8. The molecule has 2 aliphatic rings. The fourth-order valence-corrected chi connectivity index (χ4v) is 4.57. The van der Waals surface area contributed by atoms with E-state index >= 15 is 0 Å². The maximum Gasteiger partial charge on any atom is 0.0377 e. The maximum atomic E-state index is 7.00. The van der Waals surface area contributed by atoms with Gasteiger partial charge in [-0.05, 0) is 54.5 Å². The number of aliphatic hydroxyl groups is 1. The van der Waals surface area contributed by atoms with Crippen LogP contribution in [0.3, 0.4) is 0 Å². The van der Waals surface area contributed by atoms with Gasteiger partial charge in [0.1, 0.15) is 0 Å². The number of nitrogens with zero attached hydrogens (tertiary/aromatic N) is 2. The highest BCUT2D eigenvalue weighted by Crippen LogP contribution is 2.30. The zero-order chi connectivity index (χ0) is 18.2. The standard InChI is InChI=1S/C20H32N2S.CH4O/c1-4-23-20-7-5-6-19(12-20)22-10-8-17(9-11-22)13-21-14-18(15-21)16(2)3;1-2/h5-7,12,16-18H,4,8-11,13-15H2,1-3H3;2H,1H3. The zero-order valence-corrected chi connectivity index (χ0v) is 17.3. The molecule has 0 radical (unpaired) electrons. The van der Waals surface area contributed by atoms with Crippen LogP contribution < -0.4 is 4.90 Å². The highest BCUT2D eigenvalue weighted by Gasteiger charge is 2.31. The van der Waals surface area contributed by atoms with Gasteiger partial charge in [-0.1, -0.05) is 26.8 Å². The molecule has 2 aliphatic heterocycles. The minimum atomic E-state index is 0.862. The van der Waals surface area contributed by atoms with Crippen molar-refractivity contribution in [3.8, 4) is 0 Å². The fourth-order valence-electron chi connectivity index (χ4n) is 3.86. The number of hydrogen-bond acceptors (Lipinski definition) is 4. The van der Waals surface area contributed by atoms with E-state index < -0.39 is 0 Å². The summed E-state index contributed by atoms with van der Waals surface area (Å²) < 4.78 is 0. The van der Waals surface area contributed by atoms with Crippen molar-refractivity contribution in [2.24, 2.45) is 17.8 Å². The Morgan fingerprint density at radius 2 is 1.84 bits per heavy atom. The molecule has 0 aromatic heterocycles. The summed E-state index contributed by atoms with van der Waals surface area (Å²) in [5, 5.41) is 7.00. The Balaban J connectivity index is 0.00000109. The van der Waals surface area contributed by atoms with Gasteiger partial charge in [-0.25, -0.2) is 0 Å². The summed E-state index contributed by atoms with van der Waals surface area (Å²) in [5.74, 6) is 3.88. The quantitative estimate of drug-likeness (QED) is 0.765. The molecule has 3 rings (SSSR count). The number of rotatable bonds is 6. The minimum absolute atomic E-state index is 0.862. The summed E-state index contributed by atoms with van der Waals surface area (Å²) in [7, 11) is 1.00. The molecule has 3 nitrogen and oxygen atoms in total. The molecule has 1 aromatic rings. The molecule has 0 atom stereocenters. The second-order valence-electron chi connectivity index (χ2n) is 7.58. The summed E-state index contributed by atoms with van der Waals surface area (Å²) in [6, 6.07) is 9.10. The summed E-state index contributed by atoms with van der Waals surface area (Å²) in [6.07, 6.45) is 2.71. The lowest BCUT2D eigenvalue weighted by Crippen LogP contribution is -2.51. The van der Waals surface area contributed by atoms with Crippen molar-refractivity contribution in [3.05, 3.63) is 24.3 Å². The van der Waals surface area contributed by atoms with E-state index in [0.29, 0.717) is 0 Å². The Labute approximate surface area is 158 Å². The van der Waals surface area contributed by atoms with Gasteiger partial charge in [0.15, 0.2) is 0 Å². The van der Waals surface area contributed by atoms with Gasteiger partial charge in [0, 0.05) is 50.4 Å². The van der Waals surface area contributed by atoms with Crippen LogP contribution in [0.4, 0.5) is 5.69 Å². The average molecular weight is 365 g/mol. The summed E-state index contributed by atoms with van der Waals surface area (Å²) in [6.45, 7) is 13.4. The van der Waals surface area contributed by atoms with Crippen molar-refractivity contribution in [1.82, 2.24) is 4.90 Å². The smallest absolute Gasteiger partial charge is 0.0377 e. The highest BCUT2D eigenvalue weighted by molar-refractivity contribution is 7.99. The van der Waals surface area contributed by atoms with Gasteiger partial charge in [0.2, 0.25) is 0 Å². The van der Waals surface area contributed by atoms with Gasteiger partial charge >= 0.3 is 0 Å². The van der Waals surface area contributed by atoms with Crippen LogP contribution in [0.5, 0.6) is 0 Å². The third-order valence-corrected chi connectivity index (χ3v) is 6.43. The summed E-state index contributed by atoms with van der Waals surface area (Å²) in [5.41, 5.74) is 1.42. The lowest BCUT2D eigenvalue weighted by molar-refractivity contribution is 0.0494. The van der Waals surface area contributed by atoms with E-state index in [0.717, 1.165) is 30.6 Å². The molecule has 142 valence electrons. The molecule has 0 aliphatic carbocycles. The first-order valence-electron chi connectivity index (χ1n) is 9.80. The first kappa shape index (κ1) is 20.6. The van der Waals surface area contributed by atoms with Gasteiger partial charge in [-0.2, -0.15) is 0 Å². The van der Waals surface area contributed by atoms with E-state index in [9.17, 15) is 0 Å². The van der Waals surface area contributed by atoms with Crippen LogP contribution in [-0.4, -0.2) is 55.6 Å². The second-order valence-corrected chi connectivity index (χ2v) is 8.92. The van der Waals surface area contributed by atoms with E-state index in [1.54, 1.807) is 0 Å². The van der Waals surface area contributed by atoms with Gasteiger partial charge in [0.05, 0.1) is 0 Å². The third-order valence-electron chi connectivity index (χ3n) is 5.55. The van der Waals surface area contributed by atoms with E-state index in [1.165, 1.54) is 56.1 Å². The van der Waals surface area contributed by atoms with Crippen molar-refractivity contribution in [2.45, 2.75) is 38.5 Å². The molecule has 2 saturated heterocycles. The van der Waals surface area contributed by atoms with Crippen molar-refractivity contribution >= 4 is 17.4 Å². The number of thioether (sulfide) groups is 1. The predicted molar refractivity (Wildman–Crippen MR) is 111 cm³/mol. The van der Waals surface area contributed by atoms with Crippen LogP contribution in [0.1, 0.15) is 33.6 Å².